The fraction of sp³-hybridized carbons (Fsp3) is 0.158. The van der Waals surface area contributed by atoms with Gasteiger partial charge in [0.1, 0.15) is 16.7 Å². The Labute approximate surface area is 150 Å². The van der Waals surface area contributed by atoms with Crippen LogP contribution in [0.2, 0.25) is 0 Å². The van der Waals surface area contributed by atoms with E-state index in [0.29, 0.717) is 0 Å². The molecule has 1 atom stereocenters. The minimum absolute atomic E-state index is 0.0742. The molecule has 0 amide bonds. The van der Waals surface area contributed by atoms with Gasteiger partial charge in [-0.3, -0.25) is 4.98 Å². The van der Waals surface area contributed by atoms with Crippen LogP contribution < -0.4 is 0 Å². The molecule has 4 aromatic rings. The van der Waals surface area contributed by atoms with Crippen LogP contribution >= 0.6 is 11.3 Å². The van der Waals surface area contributed by atoms with Gasteiger partial charge in [-0.25, -0.2) is 9.67 Å². The monoisotopic (exact) mass is 347 g/mol. The largest absolute Gasteiger partial charge is 0.264 e. The molecule has 0 aliphatic carbocycles. The first-order valence-electron chi connectivity index (χ1n) is 8.01. The predicted molar refractivity (Wildman–Crippen MR) is 98.5 cm³/mol. The minimum atomic E-state index is -0.0742. The summed E-state index contributed by atoms with van der Waals surface area (Å²) in [7, 11) is 0. The number of aryl methyl sites for hydroxylation is 2. The number of nitrogens with zero attached hydrogens (tertiary/aromatic N) is 5. The first-order valence-corrected chi connectivity index (χ1v) is 8.89. The van der Waals surface area contributed by atoms with Gasteiger partial charge in [-0.1, -0.05) is 35.0 Å². The Balaban J connectivity index is 1.85. The van der Waals surface area contributed by atoms with Gasteiger partial charge in [0.25, 0.3) is 0 Å². The maximum Gasteiger partial charge on any atom is 0.145 e. The van der Waals surface area contributed by atoms with Crippen molar-refractivity contribution >= 4 is 11.3 Å². The van der Waals surface area contributed by atoms with Crippen LogP contribution in [0.1, 0.15) is 28.3 Å². The maximum absolute atomic E-state index is 4.40. The SMILES string of the molecule is Cc1ccc(C)c([C@H](c2cccnc2)n2cc(-c3nccs3)nn2)c1. The van der Waals surface area contributed by atoms with Crippen molar-refractivity contribution in [2.75, 3.05) is 0 Å². The number of hydrogen-bond donors (Lipinski definition) is 0. The third-order valence-corrected chi connectivity index (χ3v) is 4.95. The summed E-state index contributed by atoms with van der Waals surface area (Å²) in [4.78, 5) is 8.62. The van der Waals surface area contributed by atoms with E-state index in [-0.39, 0.29) is 6.04 Å². The van der Waals surface area contributed by atoms with Gasteiger partial charge in [-0.05, 0) is 36.6 Å². The lowest BCUT2D eigenvalue weighted by molar-refractivity contribution is 0.567. The molecule has 0 aliphatic heterocycles. The van der Waals surface area contributed by atoms with Crippen molar-refractivity contribution in [3.63, 3.8) is 0 Å². The molecule has 0 saturated carbocycles. The molecule has 0 saturated heterocycles. The predicted octanol–water partition coefficient (Wildman–Crippen LogP) is 4.05. The summed E-state index contributed by atoms with van der Waals surface area (Å²) < 4.78 is 1.90. The highest BCUT2D eigenvalue weighted by Crippen LogP contribution is 2.30. The first-order chi connectivity index (χ1) is 12.2. The molecule has 25 heavy (non-hydrogen) atoms. The third kappa shape index (κ3) is 3.08. The van der Waals surface area contributed by atoms with Gasteiger partial charge in [-0.15, -0.1) is 16.4 Å². The average molecular weight is 347 g/mol. The molecule has 0 unspecified atom stereocenters. The maximum atomic E-state index is 4.40. The smallest absolute Gasteiger partial charge is 0.145 e. The molecule has 0 fully saturated rings. The lowest BCUT2D eigenvalue weighted by atomic mass is 9.94. The number of rotatable bonds is 4. The lowest BCUT2D eigenvalue weighted by Gasteiger charge is -2.20. The van der Waals surface area contributed by atoms with Crippen molar-refractivity contribution in [1.82, 2.24) is 25.0 Å². The molecule has 3 heterocycles. The van der Waals surface area contributed by atoms with Crippen molar-refractivity contribution in [3.8, 4) is 10.7 Å². The van der Waals surface area contributed by atoms with Crippen LogP contribution in [0, 0.1) is 13.8 Å². The molecule has 0 radical (unpaired) electrons. The number of hydrogen-bond acceptors (Lipinski definition) is 5. The Hall–Kier alpha value is -2.86. The Morgan fingerprint density at radius 1 is 1.12 bits per heavy atom. The van der Waals surface area contributed by atoms with E-state index in [1.54, 1.807) is 23.7 Å². The molecule has 0 bridgehead atoms. The van der Waals surface area contributed by atoms with E-state index in [2.05, 4.69) is 58.4 Å². The van der Waals surface area contributed by atoms with Crippen molar-refractivity contribution in [2.24, 2.45) is 0 Å². The molecule has 0 aliphatic rings. The van der Waals surface area contributed by atoms with Crippen molar-refractivity contribution < 1.29 is 0 Å². The van der Waals surface area contributed by atoms with Gasteiger partial charge in [0.15, 0.2) is 0 Å². The molecule has 0 N–H and O–H groups in total. The summed E-state index contributed by atoms with van der Waals surface area (Å²) in [6.07, 6.45) is 7.41. The molecular weight excluding hydrogens is 330 g/mol. The van der Waals surface area contributed by atoms with Crippen molar-refractivity contribution in [1.29, 1.82) is 0 Å². The lowest BCUT2D eigenvalue weighted by Crippen LogP contribution is -2.15. The van der Waals surface area contributed by atoms with E-state index >= 15 is 0 Å². The van der Waals surface area contributed by atoms with Crippen LogP contribution in [0.15, 0.2) is 60.5 Å². The van der Waals surface area contributed by atoms with Gasteiger partial charge < -0.3 is 0 Å². The molecule has 6 heteroatoms. The van der Waals surface area contributed by atoms with E-state index in [1.165, 1.54) is 16.7 Å². The summed E-state index contributed by atoms with van der Waals surface area (Å²) in [5.41, 5.74) is 5.49. The van der Waals surface area contributed by atoms with Crippen LogP contribution in [0.3, 0.4) is 0 Å². The summed E-state index contributed by atoms with van der Waals surface area (Å²) in [6.45, 7) is 4.22. The van der Waals surface area contributed by atoms with Crippen LogP contribution in [0.25, 0.3) is 10.7 Å². The number of pyridine rings is 1. The van der Waals surface area contributed by atoms with Gasteiger partial charge in [-0.2, -0.15) is 0 Å². The summed E-state index contributed by atoms with van der Waals surface area (Å²) >= 11 is 1.56. The van der Waals surface area contributed by atoms with E-state index in [9.17, 15) is 0 Å². The Kier molecular flexibility index (Phi) is 4.11. The fourth-order valence-corrected chi connectivity index (χ4v) is 3.50. The second kappa shape index (κ2) is 6.57. The molecule has 3 aromatic heterocycles. The van der Waals surface area contributed by atoms with Crippen molar-refractivity contribution in [2.45, 2.75) is 19.9 Å². The number of benzene rings is 1. The highest BCUT2D eigenvalue weighted by Gasteiger charge is 2.21. The second-order valence-corrected chi connectivity index (χ2v) is 6.86. The zero-order chi connectivity index (χ0) is 17.2. The molecule has 1 aromatic carbocycles. The average Bonchev–Trinajstić information content (AvgIpc) is 3.31. The highest BCUT2D eigenvalue weighted by molar-refractivity contribution is 7.13. The summed E-state index contributed by atoms with van der Waals surface area (Å²) in [5.74, 6) is 0. The first kappa shape index (κ1) is 15.7. The van der Waals surface area contributed by atoms with E-state index in [0.717, 1.165) is 16.3 Å². The Bertz CT molecular complexity index is 976. The minimum Gasteiger partial charge on any atom is -0.264 e. The van der Waals surface area contributed by atoms with E-state index in [4.69, 9.17) is 0 Å². The van der Waals surface area contributed by atoms with Gasteiger partial charge in [0, 0.05) is 24.0 Å². The molecule has 5 nitrogen and oxygen atoms in total. The van der Waals surface area contributed by atoms with E-state index in [1.807, 2.05) is 28.5 Å². The number of aromatic nitrogens is 5. The highest BCUT2D eigenvalue weighted by atomic mass is 32.1. The van der Waals surface area contributed by atoms with Gasteiger partial charge in [0.05, 0.1) is 6.20 Å². The molecule has 4 rings (SSSR count). The van der Waals surface area contributed by atoms with Gasteiger partial charge >= 0.3 is 0 Å². The quantitative estimate of drug-likeness (QED) is 0.559. The topological polar surface area (TPSA) is 56.5 Å². The third-order valence-electron chi connectivity index (χ3n) is 4.16. The molecule has 0 spiro atoms. The zero-order valence-corrected chi connectivity index (χ0v) is 14.8. The zero-order valence-electron chi connectivity index (χ0n) is 14.0. The Morgan fingerprint density at radius 2 is 2.04 bits per heavy atom. The van der Waals surface area contributed by atoms with E-state index < -0.39 is 0 Å². The molecule has 124 valence electrons. The van der Waals surface area contributed by atoms with Crippen LogP contribution in [0.4, 0.5) is 0 Å². The fourth-order valence-electron chi connectivity index (χ4n) is 2.92. The standard InChI is InChI=1S/C19H17N5S/c1-13-5-6-14(2)16(10-13)18(15-4-3-7-20-11-15)24-12-17(22-23-24)19-21-8-9-25-19/h3-12,18H,1-2H3/t18-/m0/s1. The normalized spacial score (nSPS) is 12.2. The number of thiazole rings is 1. The van der Waals surface area contributed by atoms with Gasteiger partial charge in [0.2, 0.25) is 0 Å². The van der Waals surface area contributed by atoms with Crippen LogP contribution in [-0.4, -0.2) is 25.0 Å². The summed E-state index contributed by atoms with van der Waals surface area (Å²) in [5, 5.41) is 11.5. The van der Waals surface area contributed by atoms with Crippen LogP contribution in [-0.2, 0) is 0 Å². The molecular formula is C19H17N5S. The summed E-state index contributed by atoms with van der Waals surface area (Å²) in [6, 6.07) is 10.4. The van der Waals surface area contributed by atoms with Crippen LogP contribution in [0.5, 0.6) is 0 Å². The second-order valence-electron chi connectivity index (χ2n) is 5.97. The van der Waals surface area contributed by atoms with Crippen molar-refractivity contribution in [3.05, 3.63) is 82.8 Å². The Morgan fingerprint density at radius 3 is 2.80 bits per heavy atom.